The highest BCUT2D eigenvalue weighted by Gasteiger charge is 2.34. The first-order chi connectivity index (χ1) is 16.9. The monoisotopic (exact) mass is 514 g/mol. The maximum absolute atomic E-state index is 13.0. The third-order valence-electron chi connectivity index (χ3n) is 5.25. The Morgan fingerprint density at radius 1 is 0.889 bits per heavy atom. The molecule has 3 aromatic heterocycles. The molecule has 15 heteroatoms. The van der Waals surface area contributed by atoms with Crippen LogP contribution in [0.2, 0.25) is 0 Å². The van der Waals surface area contributed by atoms with Gasteiger partial charge in [0.1, 0.15) is 5.56 Å². The lowest BCUT2D eigenvalue weighted by Crippen LogP contribution is -2.50. The molecule has 1 amide bonds. The average Bonchev–Trinajstić information content (AvgIpc) is 2.83. The minimum absolute atomic E-state index is 0.0116. The summed E-state index contributed by atoms with van der Waals surface area (Å²) < 4.78 is 82.4. The van der Waals surface area contributed by atoms with E-state index in [2.05, 4.69) is 15.0 Å². The molecule has 0 saturated carbocycles. The smallest absolute Gasteiger partial charge is 0.409 e. The van der Waals surface area contributed by atoms with Crippen molar-refractivity contribution in [1.29, 1.82) is 0 Å². The number of hydrogen-bond acceptors (Lipinski definition) is 7. The number of halogens is 6. The zero-order chi connectivity index (χ0) is 26.1. The Labute approximate surface area is 198 Å². The van der Waals surface area contributed by atoms with Crippen LogP contribution in [0.3, 0.4) is 0 Å². The van der Waals surface area contributed by atoms with Crippen molar-refractivity contribution >= 4 is 12.0 Å². The lowest BCUT2D eigenvalue weighted by molar-refractivity contribution is -0.139. The van der Waals surface area contributed by atoms with E-state index in [1.807, 2.05) is 4.98 Å². The van der Waals surface area contributed by atoms with Crippen molar-refractivity contribution in [2.75, 3.05) is 31.1 Å². The van der Waals surface area contributed by atoms with Gasteiger partial charge in [0.05, 0.1) is 11.8 Å². The molecular weight excluding hydrogens is 498 g/mol. The van der Waals surface area contributed by atoms with Gasteiger partial charge in [-0.1, -0.05) is 0 Å². The highest BCUT2D eigenvalue weighted by atomic mass is 19.4. The van der Waals surface area contributed by atoms with Gasteiger partial charge in [-0.25, -0.2) is 14.8 Å². The van der Waals surface area contributed by atoms with E-state index >= 15 is 0 Å². The molecule has 0 aliphatic carbocycles. The third kappa shape index (κ3) is 5.55. The average molecular weight is 514 g/mol. The molecule has 1 saturated heterocycles. The number of aromatic nitrogens is 4. The van der Waals surface area contributed by atoms with Crippen molar-refractivity contribution in [3.63, 3.8) is 0 Å². The summed E-state index contributed by atoms with van der Waals surface area (Å²) in [5.74, 6) is 0.0535. The minimum Gasteiger partial charge on any atom is -0.409 e. The maximum Gasteiger partial charge on any atom is 0.421 e. The standard InChI is InChI=1S/C21H16F6N6O3/c22-20(23,24)14-9-30-18(31-10-14)32-1-3-33(4-2-32)19(35)36-15-5-12(7-28-11-15)13-6-16(21(25,26)27)17(34)29-8-13/h5-11H,1-4H2,(H,29,34). The normalized spacial score (nSPS) is 14.6. The summed E-state index contributed by atoms with van der Waals surface area (Å²) in [7, 11) is 0. The van der Waals surface area contributed by atoms with Gasteiger partial charge in [0.2, 0.25) is 5.95 Å². The van der Waals surface area contributed by atoms with Gasteiger partial charge in [-0.3, -0.25) is 9.78 Å². The van der Waals surface area contributed by atoms with Crippen LogP contribution < -0.4 is 15.2 Å². The number of hydrogen-bond donors (Lipinski definition) is 1. The van der Waals surface area contributed by atoms with Gasteiger partial charge in [-0.05, 0) is 12.1 Å². The first kappa shape index (κ1) is 24.9. The van der Waals surface area contributed by atoms with Crippen LogP contribution >= 0.6 is 0 Å². The highest BCUT2D eigenvalue weighted by molar-refractivity contribution is 5.72. The number of piperazine rings is 1. The maximum atomic E-state index is 13.0. The number of carbonyl (C=O) groups excluding carboxylic acids is 1. The van der Waals surface area contributed by atoms with Gasteiger partial charge >= 0.3 is 18.4 Å². The predicted octanol–water partition coefficient (Wildman–Crippen LogP) is 3.59. The molecule has 190 valence electrons. The van der Waals surface area contributed by atoms with Crippen LogP contribution in [0.4, 0.5) is 37.1 Å². The molecule has 1 N–H and O–H groups in total. The molecule has 0 aromatic carbocycles. The predicted molar refractivity (Wildman–Crippen MR) is 112 cm³/mol. The summed E-state index contributed by atoms with van der Waals surface area (Å²) in [6, 6.07) is 1.97. The molecule has 0 radical (unpaired) electrons. The van der Waals surface area contributed by atoms with Crippen LogP contribution in [0.5, 0.6) is 5.75 Å². The summed E-state index contributed by atoms with van der Waals surface area (Å²) in [5, 5.41) is 0. The second-order valence-electron chi connectivity index (χ2n) is 7.65. The van der Waals surface area contributed by atoms with E-state index in [9.17, 15) is 35.9 Å². The number of H-pyrrole nitrogens is 1. The number of anilines is 1. The van der Waals surface area contributed by atoms with E-state index in [0.717, 1.165) is 6.20 Å². The van der Waals surface area contributed by atoms with Crippen LogP contribution in [0.1, 0.15) is 11.1 Å². The summed E-state index contributed by atoms with van der Waals surface area (Å²) in [6.45, 7) is 0.781. The quantitative estimate of drug-likeness (QED) is 0.533. The molecule has 4 heterocycles. The molecule has 1 fully saturated rings. The Balaban J connectivity index is 1.39. The molecule has 0 spiro atoms. The van der Waals surface area contributed by atoms with E-state index in [1.165, 1.54) is 23.4 Å². The van der Waals surface area contributed by atoms with Gasteiger partial charge in [0.25, 0.3) is 5.56 Å². The van der Waals surface area contributed by atoms with Gasteiger partial charge in [0, 0.05) is 62.1 Å². The van der Waals surface area contributed by atoms with Crippen LogP contribution in [-0.2, 0) is 12.4 Å². The lowest BCUT2D eigenvalue weighted by atomic mass is 10.1. The number of amides is 1. The molecule has 1 aliphatic heterocycles. The van der Waals surface area contributed by atoms with E-state index in [1.54, 1.807) is 4.90 Å². The fraction of sp³-hybridized carbons (Fsp3) is 0.286. The van der Waals surface area contributed by atoms with Gasteiger partial charge < -0.3 is 19.5 Å². The van der Waals surface area contributed by atoms with Crippen molar-refractivity contribution in [1.82, 2.24) is 24.8 Å². The zero-order valence-corrected chi connectivity index (χ0v) is 18.1. The van der Waals surface area contributed by atoms with Crippen LogP contribution in [-0.4, -0.2) is 57.1 Å². The van der Waals surface area contributed by atoms with Crippen LogP contribution in [0, 0.1) is 0 Å². The topological polar surface area (TPSA) is 104 Å². The number of ether oxygens (including phenoxy) is 1. The van der Waals surface area contributed by atoms with Gasteiger partial charge in [-0.2, -0.15) is 26.3 Å². The molecule has 0 unspecified atom stereocenters. The van der Waals surface area contributed by atoms with E-state index in [0.29, 0.717) is 18.5 Å². The zero-order valence-electron chi connectivity index (χ0n) is 18.1. The number of carbonyl (C=O) groups is 1. The van der Waals surface area contributed by atoms with Crippen molar-refractivity contribution in [3.05, 3.63) is 64.6 Å². The van der Waals surface area contributed by atoms with Crippen molar-refractivity contribution in [2.24, 2.45) is 0 Å². The molecule has 0 bridgehead atoms. The van der Waals surface area contributed by atoms with Crippen molar-refractivity contribution in [2.45, 2.75) is 12.4 Å². The highest BCUT2D eigenvalue weighted by Crippen LogP contribution is 2.30. The largest absolute Gasteiger partial charge is 0.421 e. The molecular formula is C21H16F6N6O3. The number of rotatable bonds is 3. The van der Waals surface area contributed by atoms with Crippen molar-refractivity contribution in [3.8, 4) is 16.9 Å². The summed E-state index contributed by atoms with van der Waals surface area (Å²) in [6.07, 6.45) is -5.26. The van der Waals surface area contributed by atoms with Crippen LogP contribution in [0.15, 0.2) is 47.9 Å². The Kier molecular flexibility index (Phi) is 6.56. The third-order valence-corrected chi connectivity index (χ3v) is 5.25. The minimum atomic E-state index is -4.85. The van der Waals surface area contributed by atoms with Gasteiger partial charge in [-0.15, -0.1) is 0 Å². The molecule has 0 atom stereocenters. The number of nitrogens with one attached hydrogen (secondary N) is 1. The van der Waals surface area contributed by atoms with E-state index in [4.69, 9.17) is 4.74 Å². The van der Waals surface area contributed by atoms with Crippen molar-refractivity contribution < 1.29 is 35.9 Å². The Hall–Kier alpha value is -4.17. The van der Waals surface area contributed by atoms with Crippen LogP contribution in [0.25, 0.3) is 11.1 Å². The number of aromatic amines is 1. The van der Waals surface area contributed by atoms with E-state index in [-0.39, 0.29) is 49.0 Å². The first-order valence-corrected chi connectivity index (χ1v) is 10.3. The van der Waals surface area contributed by atoms with E-state index < -0.39 is 35.1 Å². The summed E-state index contributed by atoms with van der Waals surface area (Å²) in [4.78, 5) is 40.3. The number of alkyl halides is 6. The molecule has 3 aromatic rings. The fourth-order valence-corrected chi connectivity index (χ4v) is 3.38. The second-order valence-corrected chi connectivity index (χ2v) is 7.65. The Bertz CT molecular complexity index is 1300. The molecule has 36 heavy (non-hydrogen) atoms. The Morgan fingerprint density at radius 2 is 1.56 bits per heavy atom. The fourth-order valence-electron chi connectivity index (χ4n) is 3.38. The first-order valence-electron chi connectivity index (χ1n) is 10.3. The summed E-state index contributed by atoms with van der Waals surface area (Å²) >= 11 is 0. The second kappa shape index (κ2) is 9.47. The summed E-state index contributed by atoms with van der Waals surface area (Å²) in [5.41, 5.74) is -3.45. The van der Waals surface area contributed by atoms with Gasteiger partial charge in [0.15, 0.2) is 5.75 Å². The lowest BCUT2D eigenvalue weighted by Gasteiger charge is -2.34. The number of pyridine rings is 2. The molecule has 1 aliphatic rings. The molecule has 4 rings (SSSR count). The Morgan fingerprint density at radius 3 is 2.17 bits per heavy atom. The SMILES string of the molecule is O=C(Oc1cncc(-c2c[nH]c(=O)c(C(F)(F)F)c2)c1)N1CCN(c2ncc(C(F)(F)F)cn2)CC1. The number of nitrogens with zero attached hydrogens (tertiary/aromatic N) is 5. The molecule has 9 nitrogen and oxygen atoms in total.